The van der Waals surface area contributed by atoms with E-state index in [0.717, 1.165) is 10.4 Å². The van der Waals surface area contributed by atoms with Crippen molar-refractivity contribution in [2.24, 2.45) is 5.73 Å². The molecule has 0 aliphatic rings. The lowest BCUT2D eigenvalue weighted by Crippen LogP contribution is -2.26. The van der Waals surface area contributed by atoms with Crippen molar-refractivity contribution >= 4 is 28.8 Å². The average molecular weight is 319 g/mol. The maximum absolute atomic E-state index is 12.3. The molecule has 1 aromatic heterocycles. The monoisotopic (exact) mass is 318 g/mol. The summed E-state index contributed by atoms with van der Waals surface area (Å²) >= 11 is 7.60. The van der Waals surface area contributed by atoms with Crippen LogP contribution in [0.2, 0.25) is 5.02 Å². The van der Waals surface area contributed by atoms with Crippen LogP contribution in [0.4, 0.5) is 0 Å². The summed E-state index contributed by atoms with van der Waals surface area (Å²) in [5.41, 5.74) is 6.91. The highest BCUT2D eigenvalue weighted by atomic mass is 35.5. The number of carbonyl (C=O) groups is 1. The molecule has 2 aromatic rings. The maximum atomic E-state index is 12.3. The second-order valence-corrected chi connectivity index (χ2v) is 5.78. The normalized spacial score (nSPS) is 9.86. The average Bonchev–Trinajstić information content (AvgIpc) is 2.92. The Morgan fingerprint density at radius 2 is 2.19 bits per heavy atom. The number of hydrogen-bond acceptors (Lipinski definition) is 3. The lowest BCUT2D eigenvalue weighted by atomic mass is 10.2. The smallest absolute Gasteiger partial charge is 0.255 e. The number of benzene rings is 1. The van der Waals surface area contributed by atoms with E-state index in [1.54, 1.807) is 47.5 Å². The van der Waals surface area contributed by atoms with E-state index in [9.17, 15) is 4.79 Å². The van der Waals surface area contributed by atoms with Crippen LogP contribution in [-0.4, -0.2) is 24.4 Å². The Morgan fingerprint density at radius 3 is 2.90 bits per heavy atom. The third-order valence-electron chi connectivity index (χ3n) is 2.84. The molecular formula is C16H15ClN2OS. The fourth-order valence-corrected chi connectivity index (χ4v) is 2.84. The first-order chi connectivity index (χ1) is 10.1. The number of nitrogens with two attached hydrogens (primary N) is 1. The van der Waals surface area contributed by atoms with Crippen molar-refractivity contribution < 1.29 is 4.79 Å². The van der Waals surface area contributed by atoms with Crippen LogP contribution < -0.4 is 5.73 Å². The minimum Gasteiger partial charge on any atom is -0.337 e. The van der Waals surface area contributed by atoms with Gasteiger partial charge in [-0.2, -0.15) is 0 Å². The van der Waals surface area contributed by atoms with Crippen LogP contribution in [0.5, 0.6) is 0 Å². The van der Waals surface area contributed by atoms with Gasteiger partial charge < -0.3 is 10.6 Å². The Hall–Kier alpha value is -1.80. The zero-order valence-corrected chi connectivity index (χ0v) is 13.2. The van der Waals surface area contributed by atoms with Crippen molar-refractivity contribution in [3.8, 4) is 11.8 Å². The van der Waals surface area contributed by atoms with Crippen molar-refractivity contribution in [2.75, 3.05) is 13.6 Å². The van der Waals surface area contributed by atoms with Gasteiger partial charge in [0.2, 0.25) is 0 Å². The third kappa shape index (κ3) is 4.08. The number of amides is 1. The minimum atomic E-state index is -0.0959. The van der Waals surface area contributed by atoms with E-state index in [2.05, 4.69) is 11.8 Å². The molecule has 0 aliphatic heterocycles. The standard InChI is InChI=1S/C16H15ClN2OS/c1-19(16(20)14-6-2-3-7-15(14)17)10-12-9-13(21-11-12)5-4-8-18/h2-3,6-7,9,11H,8,10,18H2,1H3. The topological polar surface area (TPSA) is 46.3 Å². The van der Waals surface area contributed by atoms with Crippen molar-refractivity contribution in [1.82, 2.24) is 4.90 Å². The highest BCUT2D eigenvalue weighted by Gasteiger charge is 2.15. The van der Waals surface area contributed by atoms with Gasteiger partial charge in [-0.15, -0.1) is 11.3 Å². The summed E-state index contributed by atoms with van der Waals surface area (Å²) in [7, 11) is 1.76. The summed E-state index contributed by atoms with van der Waals surface area (Å²) in [6.07, 6.45) is 0. The van der Waals surface area contributed by atoms with Gasteiger partial charge in [0.15, 0.2) is 0 Å². The Morgan fingerprint density at radius 1 is 1.43 bits per heavy atom. The molecule has 0 spiro atoms. The molecule has 5 heteroatoms. The van der Waals surface area contributed by atoms with E-state index in [-0.39, 0.29) is 5.91 Å². The number of thiophene rings is 1. The molecule has 1 aromatic carbocycles. The van der Waals surface area contributed by atoms with Crippen molar-refractivity contribution in [2.45, 2.75) is 6.54 Å². The van der Waals surface area contributed by atoms with Crippen LogP contribution >= 0.6 is 22.9 Å². The summed E-state index contributed by atoms with van der Waals surface area (Å²) in [6.45, 7) is 0.864. The second-order valence-electron chi connectivity index (χ2n) is 4.47. The molecule has 0 saturated carbocycles. The van der Waals surface area contributed by atoms with Crippen LogP contribution in [0.3, 0.4) is 0 Å². The molecule has 2 rings (SSSR count). The largest absolute Gasteiger partial charge is 0.337 e. The molecule has 108 valence electrons. The zero-order valence-electron chi connectivity index (χ0n) is 11.6. The summed E-state index contributed by atoms with van der Waals surface area (Å²) < 4.78 is 0. The fourth-order valence-electron chi connectivity index (χ4n) is 1.85. The van der Waals surface area contributed by atoms with Gasteiger partial charge in [0.25, 0.3) is 5.91 Å². The van der Waals surface area contributed by atoms with Gasteiger partial charge in [-0.05, 0) is 29.1 Å². The van der Waals surface area contributed by atoms with Crippen molar-refractivity contribution in [3.63, 3.8) is 0 Å². The lowest BCUT2D eigenvalue weighted by Gasteiger charge is -2.17. The number of hydrogen-bond donors (Lipinski definition) is 1. The molecule has 0 radical (unpaired) electrons. The van der Waals surface area contributed by atoms with Crippen LogP contribution in [0.15, 0.2) is 35.7 Å². The fraction of sp³-hybridized carbons (Fsp3) is 0.188. The molecule has 21 heavy (non-hydrogen) atoms. The molecule has 0 aliphatic carbocycles. The van der Waals surface area contributed by atoms with Gasteiger partial charge in [0.1, 0.15) is 0 Å². The maximum Gasteiger partial charge on any atom is 0.255 e. The van der Waals surface area contributed by atoms with Gasteiger partial charge in [-0.25, -0.2) is 0 Å². The van der Waals surface area contributed by atoms with Gasteiger partial charge >= 0.3 is 0 Å². The van der Waals surface area contributed by atoms with Gasteiger partial charge in [-0.3, -0.25) is 4.79 Å². The first kappa shape index (κ1) is 15.6. The SMILES string of the molecule is CN(Cc1csc(C#CCN)c1)C(=O)c1ccccc1Cl. The summed E-state index contributed by atoms with van der Waals surface area (Å²) in [6, 6.07) is 9.03. The molecule has 0 unspecified atom stereocenters. The van der Waals surface area contributed by atoms with E-state index in [1.807, 2.05) is 11.4 Å². The predicted molar refractivity (Wildman–Crippen MR) is 87.5 cm³/mol. The Labute approximate surface area is 133 Å². The van der Waals surface area contributed by atoms with E-state index in [4.69, 9.17) is 17.3 Å². The first-order valence-electron chi connectivity index (χ1n) is 6.38. The first-order valence-corrected chi connectivity index (χ1v) is 7.64. The quantitative estimate of drug-likeness (QED) is 0.884. The molecule has 3 nitrogen and oxygen atoms in total. The Bertz CT molecular complexity index is 700. The number of halogens is 1. The summed E-state index contributed by atoms with van der Waals surface area (Å²) in [5, 5.41) is 2.46. The third-order valence-corrected chi connectivity index (χ3v) is 4.06. The molecule has 1 amide bonds. The Kier molecular flexibility index (Phi) is 5.40. The van der Waals surface area contributed by atoms with Crippen molar-refractivity contribution in [1.29, 1.82) is 0 Å². The van der Waals surface area contributed by atoms with E-state index >= 15 is 0 Å². The van der Waals surface area contributed by atoms with Crippen LogP contribution in [0.25, 0.3) is 0 Å². The van der Waals surface area contributed by atoms with Gasteiger partial charge in [0, 0.05) is 13.6 Å². The van der Waals surface area contributed by atoms with E-state index in [1.165, 1.54) is 0 Å². The highest BCUT2D eigenvalue weighted by molar-refractivity contribution is 7.10. The molecule has 0 fully saturated rings. The number of rotatable bonds is 3. The number of nitrogens with zero attached hydrogens (tertiary/aromatic N) is 1. The van der Waals surface area contributed by atoms with E-state index in [0.29, 0.717) is 23.7 Å². The van der Waals surface area contributed by atoms with Crippen molar-refractivity contribution in [3.05, 3.63) is 56.7 Å². The molecular weight excluding hydrogens is 304 g/mol. The van der Waals surface area contributed by atoms with Gasteiger partial charge in [0.05, 0.1) is 22.0 Å². The molecule has 1 heterocycles. The highest BCUT2D eigenvalue weighted by Crippen LogP contribution is 2.19. The van der Waals surface area contributed by atoms with Gasteiger partial charge in [-0.1, -0.05) is 35.6 Å². The second kappa shape index (κ2) is 7.28. The molecule has 0 bridgehead atoms. The summed E-state index contributed by atoms with van der Waals surface area (Å²) in [4.78, 5) is 14.9. The van der Waals surface area contributed by atoms with Crippen LogP contribution in [0, 0.1) is 11.8 Å². The minimum absolute atomic E-state index is 0.0959. The zero-order chi connectivity index (χ0) is 15.2. The lowest BCUT2D eigenvalue weighted by molar-refractivity contribution is 0.0785. The Balaban J connectivity index is 2.07. The van der Waals surface area contributed by atoms with Crippen LogP contribution in [0.1, 0.15) is 20.8 Å². The molecule has 2 N–H and O–H groups in total. The summed E-state index contributed by atoms with van der Waals surface area (Å²) in [5.74, 6) is 5.71. The predicted octanol–water partition coefficient (Wildman–Crippen LogP) is 2.98. The van der Waals surface area contributed by atoms with E-state index < -0.39 is 0 Å². The molecule has 0 atom stereocenters. The molecule has 0 saturated heterocycles. The number of carbonyl (C=O) groups excluding carboxylic acids is 1. The van der Waals surface area contributed by atoms with Crippen LogP contribution in [-0.2, 0) is 6.54 Å².